The van der Waals surface area contributed by atoms with Gasteiger partial charge in [0, 0.05) is 16.6 Å². The van der Waals surface area contributed by atoms with Crippen molar-refractivity contribution in [1.29, 1.82) is 0 Å². The zero-order valence-electron chi connectivity index (χ0n) is 10.2. The maximum absolute atomic E-state index is 5.73. The summed E-state index contributed by atoms with van der Waals surface area (Å²) in [6, 6.07) is 9.88. The van der Waals surface area contributed by atoms with Gasteiger partial charge in [0.2, 0.25) is 0 Å². The SMILES string of the molecule is CSc1ccc(Nc2cc(N)nc(SC)n2)cc1. The number of nitrogen functional groups attached to an aromatic ring is 1. The van der Waals surface area contributed by atoms with Crippen LogP contribution in [0, 0.1) is 0 Å². The lowest BCUT2D eigenvalue weighted by atomic mass is 10.3. The molecule has 0 fully saturated rings. The first-order valence-electron chi connectivity index (χ1n) is 5.31. The Kier molecular flexibility index (Phi) is 4.33. The van der Waals surface area contributed by atoms with Crippen molar-refractivity contribution >= 4 is 40.8 Å². The zero-order chi connectivity index (χ0) is 13.0. The molecule has 0 radical (unpaired) electrons. The summed E-state index contributed by atoms with van der Waals surface area (Å²) < 4.78 is 0. The zero-order valence-corrected chi connectivity index (χ0v) is 11.8. The van der Waals surface area contributed by atoms with Gasteiger partial charge in [-0.25, -0.2) is 9.97 Å². The molecule has 0 atom stereocenters. The predicted molar refractivity (Wildman–Crippen MR) is 79.7 cm³/mol. The molecule has 3 N–H and O–H groups in total. The Bertz CT molecular complexity index is 528. The average Bonchev–Trinajstić information content (AvgIpc) is 2.39. The number of nitrogens with one attached hydrogen (secondary N) is 1. The number of rotatable bonds is 4. The molecule has 0 saturated carbocycles. The van der Waals surface area contributed by atoms with Crippen LogP contribution in [0.15, 0.2) is 40.4 Å². The molecule has 0 aliphatic rings. The lowest BCUT2D eigenvalue weighted by molar-refractivity contribution is 0.984. The minimum Gasteiger partial charge on any atom is -0.383 e. The van der Waals surface area contributed by atoms with Gasteiger partial charge in [0.1, 0.15) is 11.6 Å². The van der Waals surface area contributed by atoms with Crippen LogP contribution in [0.5, 0.6) is 0 Å². The van der Waals surface area contributed by atoms with Gasteiger partial charge in [-0.3, -0.25) is 0 Å². The highest BCUT2D eigenvalue weighted by molar-refractivity contribution is 7.98. The molecule has 0 amide bonds. The molecule has 18 heavy (non-hydrogen) atoms. The van der Waals surface area contributed by atoms with Gasteiger partial charge >= 0.3 is 0 Å². The quantitative estimate of drug-likeness (QED) is 0.661. The summed E-state index contributed by atoms with van der Waals surface area (Å²) in [5, 5.41) is 3.88. The van der Waals surface area contributed by atoms with E-state index in [1.807, 2.05) is 18.4 Å². The van der Waals surface area contributed by atoms with Crippen LogP contribution in [0.4, 0.5) is 17.3 Å². The van der Waals surface area contributed by atoms with Gasteiger partial charge in [0.25, 0.3) is 0 Å². The molecule has 4 nitrogen and oxygen atoms in total. The van der Waals surface area contributed by atoms with E-state index >= 15 is 0 Å². The molecular formula is C12H14N4S2. The first-order valence-corrected chi connectivity index (χ1v) is 7.76. The number of nitrogens with two attached hydrogens (primary N) is 1. The first-order chi connectivity index (χ1) is 8.71. The van der Waals surface area contributed by atoms with Crippen molar-refractivity contribution in [2.75, 3.05) is 23.6 Å². The van der Waals surface area contributed by atoms with E-state index in [1.54, 1.807) is 17.8 Å². The molecule has 1 aromatic heterocycles. The Balaban J connectivity index is 2.19. The number of anilines is 3. The van der Waals surface area contributed by atoms with Crippen LogP contribution in [0.1, 0.15) is 0 Å². The van der Waals surface area contributed by atoms with Crippen LogP contribution in [0.25, 0.3) is 0 Å². The van der Waals surface area contributed by atoms with E-state index in [0.29, 0.717) is 16.8 Å². The van der Waals surface area contributed by atoms with Crippen molar-refractivity contribution in [2.45, 2.75) is 10.1 Å². The third kappa shape index (κ3) is 3.30. The molecule has 94 valence electrons. The summed E-state index contributed by atoms with van der Waals surface area (Å²) in [6.07, 6.45) is 3.98. The van der Waals surface area contributed by atoms with Gasteiger partial charge in [-0.1, -0.05) is 11.8 Å². The molecule has 0 aliphatic heterocycles. The van der Waals surface area contributed by atoms with E-state index in [0.717, 1.165) is 5.69 Å². The standard InChI is InChI=1S/C12H14N4S2/c1-17-9-5-3-8(4-6-9)14-11-7-10(13)15-12(16-11)18-2/h3-7H,1-2H3,(H3,13,14,15,16). The van der Waals surface area contributed by atoms with E-state index < -0.39 is 0 Å². The Hall–Kier alpha value is -1.40. The van der Waals surface area contributed by atoms with Gasteiger partial charge in [0.15, 0.2) is 5.16 Å². The van der Waals surface area contributed by atoms with E-state index in [9.17, 15) is 0 Å². The molecule has 0 spiro atoms. The highest BCUT2D eigenvalue weighted by Crippen LogP contribution is 2.22. The van der Waals surface area contributed by atoms with Crippen molar-refractivity contribution in [1.82, 2.24) is 9.97 Å². The molecule has 0 bridgehead atoms. The van der Waals surface area contributed by atoms with Gasteiger partial charge in [-0.05, 0) is 36.8 Å². The Labute approximate surface area is 115 Å². The molecule has 2 aromatic rings. The second kappa shape index (κ2) is 5.97. The number of thioether (sulfide) groups is 2. The molecule has 2 rings (SSSR count). The molecule has 1 aromatic carbocycles. The van der Waals surface area contributed by atoms with Crippen molar-refractivity contribution in [2.24, 2.45) is 0 Å². The van der Waals surface area contributed by atoms with Crippen LogP contribution in [-0.2, 0) is 0 Å². The summed E-state index contributed by atoms with van der Waals surface area (Å²) >= 11 is 3.18. The number of nitrogens with zero attached hydrogens (tertiary/aromatic N) is 2. The number of hydrogen-bond donors (Lipinski definition) is 2. The van der Waals surface area contributed by atoms with Crippen LogP contribution < -0.4 is 11.1 Å². The maximum atomic E-state index is 5.73. The van der Waals surface area contributed by atoms with Crippen LogP contribution >= 0.6 is 23.5 Å². The third-order valence-corrected chi connectivity index (χ3v) is 3.56. The summed E-state index contributed by atoms with van der Waals surface area (Å²) in [4.78, 5) is 9.68. The van der Waals surface area contributed by atoms with Gasteiger partial charge in [-0.15, -0.1) is 11.8 Å². The molecular weight excluding hydrogens is 264 g/mol. The fraction of sp³-hybridized carbons (Fsp3) is 0.167. The predicted octanol–water partition coefficient (Wildman–Crippen LogP) is 3.25. The normalized spacial score (nSPS) is 10.3. The van der Waals surface area contributed by atoms with Crippen molar-refractivity contribution in [3.63, 3.8) is 0 Å². The highest BCUT2D eigenvalue weighted by Gasteiger charge is 2.02. The average molecular weight is 278 g/mol. The summed E-state index contributed by atoms with van der Waals surface area (Å²) in [6.45, 7) is 0. The largest absolute Gasteiger partial charge is 0.383 e. The molecule has 0 unspecified atom stereocenters. The molecule has 6 heteroatoms. The van der Waals surface area contributed by atoms with E-state index in [2.05, 4.69) is 33.7 Å². The summed E-state index contributed by atoms with van der Waals surface area (Å²) in [5.41, 5.74) is 6.71. The van der Waals surface area contributed by atoms with Gasteiger partial charge in [0.05, 0.1) is 0 Å². The molecule has 1 heterocycles. The Morgan fingerprint density at radius 2 is 1.78 bits per heavy atom. The number of benzene rings is 1. The lowest BCUT2D eigenvalue weighted by Gasteiger charge is -2.07. The van der Waals surface area contributed by atoms with Crippen molar-refractivity contribution in [3.05, 3.63) is 30.3 Å². The van der Waals surface area contributed by atoms with Crippen LogP contribution in [0.2, 0.25) is 0 Å². The van der Waals surface area contributed by atoms with Crippen molar-refractivity contribution < 1.29 is 0 Å². The van der Waals surface area contributed by atoms with E-state index in [1.165, 1.54) is 16.7 Å². The minimum absolute atomic E-state index is 0.470. The summed E-state index contributed by atoms with van der Waals surface area (Å²) in [5.74, 6) is 1.18. The van der Waals surface area contributed by atoms with E-state index in [-0.39, 0.29) is 0 Å². The van der Waals surface area contributed by atoms with Gasteiger partial charge < -0.3 is 11.1 Å². The topological polar surface area (TPSA) is 63.8 Å². The Morgan fingerprint density at radius 1 is 1.06 bits per heavy atom. The monoisotopic (exact) mass is 278 g/mol. The third-order valence-electron chi connectivity index (χ3n) is 2.27. The van der Waals surface area contributed by atoms with E-state index in [4.69, 9.17) is 5.73 Å². The number of hydrogen-bond acceptors (Lipinski definition) is 6. The molecule has 0 aliphatic carbocycles. The van der Waals surface area contributed by atoms with Crippen molar-refractivity contribution in [3.8, 4) is 0 Å². The second-order valence-corrected chi connectivity index (χ2v) is 5.17. The van der Waals surface area contributed by atoms with Crippen LogP contribution in [-0.4, -0.2) is 22.5 Å². The van der Waals surface area contributed by atoms with Gasteiger partial charge in [-0.2, -0.15) is 0 Å². The fourth-order valence-electron chi connectivity index (χ4n) is 1.42. The minimum atomic E-state index is 0.470. The fourth-order valence-corrected chi connectivity index (χ4v) is 2.22. The smallest absolute Gasteiger partial charge is 0.191 e. The highest BCUT2D eigenvalue weighted by atomic mass is 32.2. The van der Waals surface area contributed by atoms with Crippen LogP contribution in [0.3, 0.4) is 0 Å². The Morgan fingerprint density at radius 3 is 2.39 bits per heavy atom. The summed E-state index contributed by atoms with van der Waals surface area (Å²) in [7, 11) is 0. The number of aromatic nitrogens is 2. The lowest BCUT2D eigenvalue weighted by Crippen LogP contribution is -1.99. The molecule has 0 saturated heterocycles. The maximum Gasteiger partial charge on any atom is 0.191 e. The first kappa shape index (κ1) is 13.0. The second-order valence-electron chi connectivity index (χ2n) is 3.52.